The predicted octanol–water partition coefficient (Wildman–Crippen LogP) is 0.518. The highest BCUT2D eigenvalue weighted by Gasteiger charge is 2.33. The molecule has 0 aromatic rings. The summed E-state index contributed by atoms with van der Waals surface area (Å²) in [5.74, 6) is -1.20. The van der Waals surface area contributed by atoms with E-state index in [1.54, 1.807) is 20.8 Å². The smallest absolute Gasteiger partial charge is 0.305 e. The van der Waals surface area contributed by atoms with Crippen LogP contribution in [-0.2, 0) is 14.4 Å². The fraction of sp³-hybridized carbons (Fsp3) is 0.769. The van der Waals surface area contributed by atoms with Gasteiger partial charge in [-0.15, -0.1) is 0 Å². The van der Waals surface area contributed by atoms with Gasteiger partial charge in [0.05, 0.1) is 13.0 Å². The highest BCUT2D eigenvalue weighted by atomic mass is 16.4. The molecule has 0 saturated heterocycles. The highest BCUT2D eigenvalue weighted by molar-refractivity contribution is 5.87. The highest BCUT2D eigenvalue weighted by Crippen LogP contribution is 2.33. The van der Waals surface area contributed by atoms with Gasteiger partial charge in [0.1, 0.15) is 0 Å². The molecule has 3 N–H and O–H groups in total. The molecule has 0 aliphatic heterocycles. The fourth-order valence-electron chi connectivity index (χ4n) is 1.71. The number of aliphatic carboxylic acids is 1. The first-order chi connectivity index (χ1) is 8.70. The summed E-state index contributed by atoms with van der Waals surface area (Å²) in [5, 5.41) is 14.0. The van der Waals surface area contributed by atoms with E-state index in [9.17, 15) is 14.4 Å². The Morgan fingerprint density at radius 2 is 1.84 bits per heavy atom. The lowest BCUT2D eigenvalue weighted by molar-refractivity contribution is -0.138. The van der Waals surface area contributed by atoms with Gasteiger partial charge in [-0.1, -0.05) is 20.8 Å². The van der Waals surface area contributed by atoms with E-state index < -0.39 is 11.4 Å². The van der Waals surface area contributed by atoms with Crippen LogP contribution in [0.2, 0.25) is 0 Å². The fourth-order valence-corrected chi connectivity index (χ4v) is 1.71. The monoisotopic (exact) mass is 270 g/mol. The molecular weight excluding hydrogens is 248 g/mol. The first-order valence-electron chi connectivity index (χ1n) is 6.49. The summed E-state index contributed by atoms with van der Waals surface area (Å²) in [4.78, 5) is 34.0. The number of hydrogen-bond acceptors (Lipinski definition) is 3. The van der Waals surface area contributed by atoms with Crippen molar-refractivity contribution in [2.75, 3.05) is 6.54 Å². The number of amides is 2. The van der Waals surface area contributed by atoms with Gasteiger partial charge >= 0.3 is 5.97 Å². The minimum atomic E-state index is -0.920. The predicted molar refractivity (Wildman–Crippen MR) is 69.4 cm³/mol. The van der Waals surface area contributed by atoms with Crippen molar-refractivity contribution in [3.8, 4) is 0 Å². The van der Waals surface area contributed by atoms with Crippen molar-refractivity contribution >= 4 is 17.8 Å². The quantitative estimate of drug-likeness (QED) is 0.655. The number of rotatable bonds is 6. The third-order valence-electron chi connectivity index (χ3n) is 3.02. The van der Waals surface area contributed by atoms with Crippen LogP contribution in [0.15, 0.2) is 0 Å². The van der Waals surface area contributed by atoms with Crippen molar-refractivity contribution in [2.24, 2.45) is 11.3 Å². The Kier molecular flexibility index (Phi) is 4.91. The molecule has 1 rings (SSSR count). The topological polar surface area (TPSA) is 95.5 Å². The van der Waals surface area contributed by atoms with Gasteiger partial charge in [0, 0.05) is 11.5 Å². The zero-order valence-corrected chi connectivity index (χ0v) is 11.7. The first kappa shape index (κ1) is 15.5. The van der Waals surface area contributed by atoms with E-state index in [0.717, 1.165) is 12.8 Å². The normalized spacial score (nSPS) is 16.6. The van der Waals surface area contributed by atoms with Crippen molar-refractivity contribution in [1.82, 2.24) is 10.6 Å². The third kappa shape index (κ3) is 5.72. The largest absolute Gasteiger partial charge is 0.481 e. The minimum Gasteiger partial charge on any atom is -0.481 e. The molecule has 0 heterocycles. The molecule has 2 amide bonds. The summed E-state index contributed by atoms with van der Waals surface area (Å²) in [6.07, 6.45) is 1.84. The van der Waals surface area contributed by atoms with Crippen molar-refractivity contribution in [1.29, 1.82) is 0 Å². The number of hydrogen-bond donors (Lipinski definition) is 3. The summed E-state index contributed by atoms with van der Waals surface area (Å²) in [7, 11) is 0. The molecule has 0 radical (unpaired) electrons. The summed E-state index contributed by atoms with van der Waals surface area (Å²) < 4.78 is 0. The number of nitrogens with one attached hydrogen (secondary N) is 2. The van der Waals surface area contributed by atoms with Crippen molar-refractivity contribution in [3.63, 3.8) is 0 Å². The maximum atomic E-state index is 11.7. The molecule has 0 aromatic heterocycles. The Labute approximate surface area is 112 Å². The standard InChI is InChI=1S/C13H22N2O4/c1-13(2,3)12(19)14-7-10(16)15-9(6-11(17)18)8-4-5-8/h8-9H,4-7H2,1-3H3,(H,14,19)(H,15,16)(H,17,18). The Balaban J connectivity index is 2.36. The van der Waals surface area contributed by atoms with E-state index in [2.05, 4.69) is 10.6 Å². The van der Waals surface area contributed by atoms with Crippen LogP contribution in [0.1, 0.15) is 40.0 Å². The van der Waals surface area contributed by atoms with Crippen LogP contribution in [0, 0.1) is 11.3 Å². The second-order valence-corrected chi connectivity index (χ2v) is 6.04. The van der Waals surface area contributed by atoms with Gasteiger partial charge in [-0.05, 0) is 18.8 Å². The van der Waals surface area contributed by atoms with E-state index in [1.165, 1.54) is 0 Å². The SMILES string of the molecule is CC(C)(C)C(=O)NCC(=O)NC(CC(=O)O)C1CC1. The lowest BCUT2D eigenvalue weighted by Crippen LogP contribution is -2.45. The minimum absolute atomic E-state index is 0.0658. The molecule has 19 heavy (non-hydrogen) atoms. The van der Waals surface area contributed by atoms with E-state index >= 15 is 0 Å². The van der Waals surface area contributed by atoms with E-state index in [1.807, 2.05) is 0 Å². The molecule has 0 aromatic carbocycles. The average molecular weight is 270 g/mol. The van der Waals surface area contributed by atoms with Gasteiger partial charge in [-0.2, -0.15) is 0 Å². The molecule has 1 saturated carbocycles. The van der Waals surface area contributed by atoms with E-state index in [-0.39, 0.29) is 36.7 Å². The molecule has 0 spiro atoms. The maximum Gasteiger partial charge on any atom is 0.305 e. The molecule has 108 valence electrons. The number of carbonyl (C=O) groups is 3. The lowest BCUT2D eigenvalue weighted by atomic mass is 9.96. The van der Waals surface area contributed by atoms with Gasteiger partial charge < -0.3 is 15.7 Å². The summed E-state index contributed by atoms with van der Waals surface area (Å²) in [5.41, 5.74) is -0.544. The second kappa shape index (κ2) is 6.04. The Morgan fingerprint density at radius 1 is 1.26 bits per heavy atom. The summed E-state index contributed by atoms with van der Waals surface area (Å²) in [6.45, 7) is 5.17. The first-order valence-corrected chi connectivity index (χ1v) is 6.49. The summed E-state index contributed by atoms with van der Waals surface area (Å²) >= 11 is 0. The van der Waals surface area contributed by atoms with Crippen LogP contribution in [-0.4, -0.2) is 35.5 Å². The molecule has 1 fully saturated rings. The van der Waals surface area contributed by atoms with Gasteiger partial charge in [0.2, 0.25) is 11.8 Å². The second-order valence-electron chi connectivity index (χ2n) is 6.04. The molecular formula is C13H22N2O4. The van der Waals surface area contributed by atoms with Crippen LogP contribution in [0.5, 0.6) is 0 Å². The van der Waals surface area contributed by atoms with Crippen LogP contribution < -0.4 is 10.6 Å². The Morgan fingerprint density at radius 3 is 2.26 bits per heavy atom. The van der Waals surface area contributed by atoms with E-state index in [0.29, 0.717) is 0 Å². The van der Waals surface area contributed by atoms with Crippen molar-refractivity contribution in [3.05, 3.63) is 0 Å². The summed E-state index contributed by atoms with van der Waals surface area (Å²) in [6, 6.07) is -0.323. The van der Waals surface area contributed by atoms with E-state index in [4.69, 9.17) is 5.11 Å². The zero-order chi connectivity index (χ0) is 14.6. The Hall–Kier alpha value is -1.59. The molecule has 1 atom stereocenters. The van der Waals surface area contributed by atoms with Gasteiger partial charge in [-0.3, -0.25) is 14.4 Å². The average Bonchev–Trinajstić information content (AvgIpc) is 3.06. The Bertz CT molecular complexity index is 369. The lowest BCUT2D eigenvalue weighted by Gasteiger charge is -2.19. The van der Waals surface area contributed by atoms with Crippen molar-refractivity contribution in [2.45, 2.75) is 46.1 Å². The van der Waals surface area contributed by atoms with Crippen molar-refractivity contribution < 1.29 is 19.5 Å². The number of carboxylic acids is 1. The molecule has 6 heteroatoms. The van der Waals surface area contributed by atoms with Crippen LogP contribution in [0.4, 0.5) is 0 Å². The molecule has 1 aliphatic carbocycles. The van der Waals surface area contributed by atoms with Crippen LogP contribution in [0.25, 0.3) is 0 Å². The number of carbonyl (C=O) groups excluding carboxylic acids is 2. The third-order valence-corrected chi connectivity index (χ3v) is 3.02. The van der Waals surface area contributed by atoms with Crippen LogP contribution >= 0.6 is 0 Å². The molecule has 0 bridgehead atoms. The maximum absolute atomic E-state index is 11.7. The molecule has 6 nitrogen and oxygen atoms in total. The van der Waals surface area contributed by atoms with Gasteiger partial charge in [0.15, 0.2) is 0 Å². The van der Waals surface area contributed by atoms with Gasteiger partial charge in [-0.25, -0.2) is 0 Å². The molecule has 1 aliphatic rings. The zero-order valence-electron chi connectivity index (χ0n) is 11.7. The van der Waals surface area contributed by atoms with Gasteiger partial charge in [0.25, 0.3) is 0 Å². The number of carboxylic acid groups (broad SMARTS) is 1. The van der Waals surface area contributed by atoms with Crippen LogP contribution in [0.3, 0.4) is 0 Å². The molecule has 1 unspecified atom stereocenters.